The first-order chi connectivity index (χ1) is 12.4. The highest BCUT2D eigenvalue weighted by Crippen LogP contribution is 2.39. The summed E-state index contributed by atoms with van der Waals surface area (Å²) in [5, 5.41) is 0. The van der Waals surface area contributed by atoms with Crippen LogP contribution in [-0.2, 0) is 10.2 Å². The Bertz CT molecular complexity index is 490. The van der Waals surface area contributed by atoms with E-state index in [0.717, 1.165) is 32.4 Å². The van der Waals surface area contributed by atoms with E-state index in [4.69, 9.17) is 0 Å². The zero-order valence-corrected chi connectivity index (χ0v) is 17.8. The maximum Gasteiger partial charge on any atom is 0.223 e. The van der Waals surface area contributed by atoms with Gasteiger partial charge < -0.3 is 9.80 Å². The molecule has 148 valence electrons. The number of carbonyl (C=O) groups is 1. The normalized spacial score (nSPS) is 11.8. The topological polar surface area (TPSA) is 23.6 Å². The average molecular weight is 361 g/mol. The van der Waals surface area contributed by atoms with Crippen LogP contribution in [0.5, 0.6) is 0 Å². The van der Waals surface area contributed by atoms with Gasteiger partial charge in [0, 0.05) is 25.4 Å². The highest BCUT2D eigenvalue weighted by molar-refractivity contribution is 5.77. The van der Waals surface area contributed by atoms with Crippen molar-refractivity contribution in [3.05, 3.63) is 35.9 Å². The maximum absolute atomic E-state index is 13.0. The van der Waals surface area contributed by atoms with Gasteiger partial charge in [0.25, 0.3) is 0 Å². The van der Waals surface area contributed by atoms with E-state index in [-0.39, 0.29) is 5.41 Å². The molecule has 1 amide bonds. The predicted octanol–water partition coefficient (Wildman–Crippen LogP) is 5.11. The maximum atomic E-state index is 13.0. The van der Waals surface area contributed by atoms with Crippen molar-refractivity contribution >= 4 is 5.91 Å². The van der Waals surface area contributed by atoms with Crippen LogP contribution in [0.3, 0.4) is 0 Å². The lowest BCUT2D eigenvalue weighted by Crippen LogP contribution is -2.37. The third kappa shape index (κ3) is 7.49. The van der Waals surface area contributed by atoms with Gasteiger partial charge in [0.1, 0.15) is 0 Å². The second-order valence-corrected chi connectivity index (χ2v) is 8.00. The highest BCUT2D eigenvalue weighted by Gasteiger charge is 2.34. The van der Waals surface area contributed by atoms with E-state index in [0.29, 0.717) is 12.3 Å². The van der Waals surface area contributed by atoms with Crippen molar-refractivity contribution in [3.63, 3.8) is 0 Å². The van der Waals surface area contributed by atoms with Gasteiger partial charge in [-0.2, -0.15) is 0 Å². The molecule has 26 heavy (non-hydrogen) atoms. The largest absolute Gasteiger partial charge is 0.346 e. The number of nitrogens with zero attached hydrogens (tertiary/aromatic N) is 2. The molecule has 0 unspecified atom stereocenters. The van der Waals surface area contributed by atoms with Crippen LogP contribution in [0.2, 0.25) is 0 Å². The van der Waals surface area contributed by atoms with Crippen molar-refractivity contribution in [2.24, 2.45) is 0 Å². The Morgan fingerprint density at radius 1 is 0.885 bits per heavy atom. The minimum absolute atomic E-state index is 0.0137. The Hall–Kier alpha value is -1.35. The van der Waals surface area contributed by atoms with Gasteiger partial charge in [0.05, 0.1) is 0 Å². The summed E-state index contributed by atoms with van der Waals surface area (Å²) in [6.07, 6.45) is 8.57. The summed E-state index contributed by atoms with van der Waals surface area (Å²) in [5.41, 5.74) is 1.33. The fourth-order valence-corrected chi connectivity index (χ4v) is 3.69. The van der Waals surface area contributed by atoms with E-state index in [1.165, 1.54) is 31.2 Å². The predicted molar refractivity (Wildman–Crippen MR) is 113 cm³/mol. The number of rotatable bonds is 13. The lowest BCUT2D eigenvalue weighted by molar-refractivity contribution is -0.131. The van der Waals surface area contributed by atoms with Gasteiger partial charge in [-0.05, 0) is 45.5 Å². The molecule has 0 aromatic heterocycles. The quantitative estimate of drug-likeness (QED) is 0.488. The lowest BCUT2D eigenvalue weighted by atomic mass is 9.70. The molecule has 3 nitrogen and oxygen atoms in total. The van der Waals surface area contributed by atoms with E-state index in [9.17, 15) is 4.79 Å². The van der Waals surface area contributed by atoms with Gasteiger partial charge in [-0.25, -0.2) is 0 Å². The summed E-state index contributed by atoms with van der Waals surface area (Å²) in [6.45, 7) is 6.34. The van der Waals surface area contributed by atoms with Crippen molar-refractivity contribution < 1.29 is 4.79 Å². The van der Waals surface area contributed by atoms with Gasteiger partial charge in [0.15, 0.2) is 0 Å². The van der Waals surface area contributed by atoms with Crippen molar-refractivity contribution in [1.29, 1.82) is 0 Å². The van der Waals surface area contributed by atoms with Crippen LogP contribution in [-0.4, -0.2) is 49.9 Å². The van der Waals surface area contributed by atoms with Crippen LogP contribution in [0.4, 0.5) is 0 Å². The molecule has 1 aromatic rings. The molecule has 0 aliphatic rings. The van der Waals surface area contributed by atoms with E-state index < -0.39 is 0 Å². The summed E-state index contributed by atoms with van der Waals surface area (Å²) in [5.74, 6) is 0.291. The molecule has 0 saturated carbocycles. The lowest BCUT2D eigenvalue weighted by Gasteiger charge is -2.36. The number of unbranched alkanes of at least 4 members (excludes halogenated alkanes) is 2. The fraction of sp³-hybridized carbons (Fsp3) is 0.696. The van der Waals surface area contributed by atoms with Crippen LogP contribution >= 0.6 is 0 Å². The molecule has 0 fully saturated rings. The van der Waals surface area contributed by atoms with Crippen LogP contribution in [0, 0.1) is 0 Å². The van der Waals surface area contributed by atoms with Gasteiger partial charge in [0.2, 0.25) is 5.91 Å². The van der Waals surface area contributed by atoms with Crippen LogP contribution < -0.4 is 0 Å². The molecule has 0 spiro atoms. The minimum Gasteiger partial charge on any atom is -0.346 e. The molecule has 0 N–H and O–H groups in total. The van der Waals surface area contributed by atoms with Crippen molar-refractivity contribution in [3.8, 4) is 0 Å². The Morgan fingerprint density at radius 2 is 1.46 bits per heavy atom. The molecule has 0 bridgehead atoms. The molecule has 0 aliphatic heterocycles. The second kappa shape index (κ2) is 12.1. The summed E-state index contributed by atoms with van der Waals surface area (Å²) in [7, 11) is 6.13. The molecular formula is C23H40N2O. The molecule has 1 aromatic carbocycles. The van der Waals surface area contributed by atoms with E-state index in [1.54, 1.807) is 0 Å². The van der Waals surface area contributed by atoms with Gasteiger partial charge >= 0.3 is 0 Å². The Balaban J connectivity index is 2.93. The number of amides is 1. The molecular weight excluding hydrogens is 320 g/mol. The van der Waals surface area contributed by atoms with E-state index >= 15 is 0 Å². The smallest absolute Gasteiger partial charge is 0.223 e. The summed E-state index contributed by atoms with van der Waals surface area (Å²) >= 11 is 0. The van der Waals surface area contributed by atoms with Gasteiger partial charge in [-0.3, -0.25) is 4.79 Å². The first kappa shape index (κ1) is 22.7. The Morgan fingerprint density at radius 3 is 1.96 bits per heavy atom. The standard InChI is InChI=1S/C23H40N2O/c1-6-8-16-23(17-9-7-2,21-14-11-10-12-15-21)20-22(26)25(5)19-13-18-24(3)4/h10-12,14-15H,6-9,13,16-20H2,1-5H3. The van der Waals surface area contributed by atoms with Crippen molar-refractivity contribution in [2.75, 3.05) is 34.2 Å². The summed E-state index contributed by atoms with van der Waals surface area (Å²) in [6, 6.07) is 10.8. The molecule has 1 rings (SSSR count). The summed E-state index contributed by atoms with van der Waals surface area (Å²) < 4.78 is 0. The zero-order chi connectivity index (χ0) is 19.4. The van der Waals surface area contributed by atoms with E-state index in [1.807, 2.05) is 11.9 Å². The fourth-order valence-electron chi connectivity index (χ4n) is 3.69. The first-order valence-electron chi connectivity index (χ1n) is 10.4. The Labute approximate surface area is 161 Å². The van der Waals surface area contributed by atoms with Crippen LogP contribution in [0.25, 0.3) is 0 Å². The minimum atomic E-state index is -0.0137. The van der Waals surface area contributed by atoms with Crippen LogP contribution in [0.1, 0.15) is 70.8 Å². The second-order valence-electron chi connectivity index (χ2n) is 8.00. The monoisotopic (exact) mass is 360 g/mol. The average Bonchev–Trinajstić information content (AvgIpc) is 2.64. The number of hydrogen-bond donors (Lipinski definition) is 0. The third-order valence-corrected chi connectivity index (χ3v) is 5.42. The molecule has 0 radical (unpaired) electrons. The third-order valence-electron chi connectivity index (χ3n) is 5.42. The molecule has 0 aliphatic carbocycles. The van der Waals surface area contributed by atoms with Gasteiger partial charge in [-0.15, -0.1) is 0 Å². The zero-order valence-electron chi connectivity index (χ0n) is 17.8. The molecule has 0 atom stereocenters. The van der Waals surface area contributed by atoms with E-state index in [2.05, 4.69) is 63.2 Å². The number of carbonyl (C=O) groups excluding carboxylic acids is 1. The molecule has 0 heterocycles. The SMILES string of the molecule is CCCCC(CCCC)(CC(=O)N(C)CCCN(C)C)c1ccccc1. The highest BCUT2D eigenvalue weighted by atomic mass is 16.2. The number of hydrogen-bond acceptors (Lipinski definition) is 2. The first-order valence-corrected chi connectivity index (χ1v) is 10.4. The van der Waals surface area contributed by atoms with Crippen molar-refractivity contribution in [2.45, 2.75) is 70.6 Å². The summed E-state index contributed by atoms with van der Waals surface area (Å²) in [4.78, 5) is 17.2. The van der Waals surface area contributed by atoms with Gasteiger partial charge in [-0.1, -0.05) is 69.9 Å². The molecule has 0 saturated heterocycles. The molecule has 3 heteroatoms. The Kier molecular flexibility index (Phi) is 10.6. The number of benzene rings is 1. The van der Waals surface area contributed by atoms with Crippen LogP contribution in [0.15, 0.2) is 30.3 Å². The van der Waals surface area contributed by atoms with Crippen molar-refractivity contribution in [1.82, 2.24) is 9.80 Å².